The summed E-state index contributed by atoms with van der Waals surface area (Å²) in [4.78, 5) is 4.16. The Hall–Kier alpha value is -1.87. The molecular formula is C14H15N3. The van der Waals surface area contributed by atoms with E-state index in [1.807, 2.05) is 12.4 Å². The lowest BCUT2D eigenvalue weighted by Gasteiger charge is -2.14. The number of hydrogen-bond donors (Lipinski definition) is 1. The van der Waals surface area contributed by atoms with Crippen molar-refractivity contribution in [1.29, 1.82) is 0 Å². The van der Waals surface area contributed by atoms with Crippen LogP contribution in [0.3, 0.4) is 0 Å². The molecule has 0 amide bonds. The minimum absolute atomic E-state index is 0.0336. The Balaban J connectivity index is 2.42. The standard InChI is InChI=1S/C14H15N3/c1-2-13(15)17-8-6-10-3-4-11-9-16-7-5-12(11)14(10)17/h3-9,13H,2,15H2,1H3. The van der Waals surface area contributed by atoms with E-state index in [1.54, 1.807) is 0 Å². The van der Waals surface area contributed by atoms with E-state index in [0.29, 0.717) is 0 Å². The second-order valence-electron chi connectivity index (χ2n) is 4.30. The fourth-order valence-corrected chi connectivity index (χ4v) is 2.30. The van der Waals surface area contributed by atoms with Gasteiger partial charge in [0.1, 0.15) is 0 Å². The molecule has 0 aliphatic rings. The van der Waals surface area contributed by atoms with Crippen LogP contribution in [0, 0.1) is 0 Å². The molecule has 1 atom stereocenters. The van der Waals surface area contributed by atoms with Crippen LogP contribution in [0.15, 0.2) is 42.9 Å². The number of nitrogens with two attached hydrogens (primary N) is 1. The predicted octanol–water partition coefficient (Wildman–Crippen LogP) is 3.06. The molecule has 0 aliphatic carbocycles. The topological polar surface area (TPSA) is 43.8 Å². The van der Waals surface area contributed by atoms with Gasteiger partial charge in [-0.25, -0.2) is 0 Å². The van der Waals surface area contributed by atoms with Gasteiger partial charge < -0.3 is 10.3 Å². The fourth-order valence-electron chi connectivity index (χ4n) is 2.30. The number of nitrogens with zero attached hydrogens (tertiary/aromatic N) is 2. The molecule has 2 N–H and O–H groups in total. The van der Waals surface area contributed by atoms with Crippen LogP contribution in [0.4, 0.5) is 0 Å². The van der Waals surface area contributed by atoms with E-state index < -0.39 is 0 Å². The third-order valence-electron chi connectivity index (χ3n) is 3.27. The average Bonchev–Trinajstić information content (AvgIpc) is 2.82. The van der Waals surface area contributed by atoms with Gasteiger partial charge in [-0.05, 0) is 18.6 Å². The first-order valence-corrected chi connectivity index (χ1v) is 5.90. The third kappa shape index (κ3) is 1.51. The molecule has 0 spiro atoms. The summed E-state index contributed by atoms with van der Waals surface area (Å²) in [5.74, 6) is 0. The first-order valence-electron chi connectivity index (χ1n) is 5.90. The van der Waals surface area contributed by atoms with E-state index in [4.69, 9.17) is 5.73 Å². The zero-order chi connectivity index (χ0) is 11.8. The highest BCUT2D eigenvalue weighted by Gasteiger charge is 2.09. The van der Waals surface area contributed by atoms with E-state index in [9.17, 15) is 0 Å². The van der Waals surface area contributed by atoms with Crippen LogP contribution in [0.1, 0.15) is 19.5 Å². The summed E-state index contributed by atoms with van der Waals surface area (Å²) < 4.78 is 2.15. The highest BCUT2D eigenvalue weighted by Crippen LogP contribution is 2.27. The maximum atomic E-state index is 6.14. The summed E-state index contributed by atoms with van der Waals surface area (Å²) in [5, 5.41) is 3.60. The summed E-state index contributed by atoms with van der Waals surface area (Å²) in [6.45, 7) is 2.10. The van der Waals surface area contributed by atoms with Crippen LogP contribution in [-0.4, -0.2) is 9.55 Å². The second-order valence-corrected chi connectivity index (χ2v) is 4.30. The van der Waals surface area contributed by atoms with Crippen LogP contribution in [-0.2, 0) is 0 Å². The van der Waals surface area contributed by atoms with Gasteiger partial charge in [0.25, 0.3) is 0 Å². The van der Waals surface area contributed by atoms with Crippen molar-refractivity contribution in [3.63, 3.8) is 0 Å². The van der Waals surface area contributed by atoms with Crippen molar-refractivity contribution in [1.82, 2.24) is 9.55 Å². The van der Waals surface area contributed by atoms with Crippen molar-refractivity contribution >= 4 is 21.7 Å². The maximum Gasteiger partial charge on any atom is 0.0812 e. The molecule has 86 valence electrons. The van der Waals surface area contributed by atoms with Gasteiger partial charge in [0.15, 0.2) is 0 Å². The van der Waals surface area contributed by atoms with Crippen molar-refractivity contribution in [2.75, 3.05) is 0 Å². The van der Waals surface area contributed by atoms with Gasteiger partial charge in [-0.3, -0.25) is 4.98 Å². The Morgan fingerprint density at radius 3 is 2.88 bits per heavy atom. The number of rotatable bonds is 2. The van der Waals surface area contributed by atoms with E-state index in [1.165, 1.54) is 16.3 Å². The van der Waals surface area contributed by atoms with Gasteiger partial charge in [-0.1, -0.05) is 19.1 Å². The molecular weight excluding hydrogens is 210 g/mol. The molecule has 0 aliphatic heterocycles. The van der Waals surface area contributed by atoms with Crippen molar-refractivity contribution in [3.8, 4) is 0 Å². The smallest absolute Gasteiger partial charge is 0.0812 e. The van der Waals surface area contributed by atoms with Crippen LogP contribution in [0.25, 0.3) is 21.7 Å². The van der Waals surface area contributed by atoms with Crippen LogP contribution in [0.5, 0.6) is 0 Å². The lowest BCUT2D eigenvalue weighted by molar-refractivity contribution is 0.522. The molecule has 3 rings (SSSR count). The minimum atomic E-state index is 0.0336. The summed E-state index contributed by atoms with van der Waals surface area (Å²) in [6.07, 6.45) is 6.75. The van der Waals surface area contributed by atoms with Crippen LogP contribution < -0.4 is 5.73 Å². The van der Waals surface area contributed by atoms with Crippen LogP contribution >= 0.6 is 0 Å². The number of hydrogen-bond acceptors (Lipinski definition) is 2. The molecule has 3 nitrogen and oxygen atoms in total. The van der Waals surface area contributed by atoms with Gasteiger partial charge in [0, 0.05) is 34.7 Å². The second kappa shape index (κ2) is 3.86. The molecule has 17 heavy (non-hydrogen) atoms. The predicted molar refractivity (Wildman–Crippen MR) is 70.8 cm³/mol. The summed E-state index contributed by atoms with van der Waals surface area (Å²) >= 11 is 0. The summed E-state index contributed by atoms with van der Waals surface area (Å²) in [5.41, 5.74) is 7.35. The van der Waals surface area contributed by atoms with E-state index in [0.717, 1.165) is 11.8 Å². The van der Waals surface area contributed by atoms with Gasteiger partial charge in [-0.2, -0.15) is 0 Å². The van der Waals surface area contributed by atoms with Gasteiger partial charge >= 0.3 is 0 Å². The van der Waals surface area contributed by atoms with E-state index in [2.05, 4.69) is 46.9 Å². The highest BCUT2D eigenvalue weighted by atomic mass is 15.1. The zero-order valence-electron chi connectivity index (χ0n) is 9.80. The summed E-state index contributed by atoms with van der Waals surface area (Å²) in [7, 11) is 0. The first kappa shape index (κ1) is 10.3. The summed E-state index contributed by atoms with van der Waals surface area (Å²) in [6, 6.07) is 8.39. The molecule has 2 heterocycles. The molecule has 3 aromatic rings. The largest absolute Gasteiger partial charge is 0.331 e. The minimum Gasteiger partial charge on any atom is -0.331 e. The van der Waals surface area contributed by atoms with Crippen molar-refractivity contribution in [2.24, 2.45) is 5.73 Å². The first-order chi connectivity index (χ1) is 8.31. The molecule has 0 saturated carbocycles. The van der Waals surface area contributed by atoms with Gasteiger partial charge in [0.2, 0.25) is 0 Å². The Morgan fingerprint density at radius 2 is 2.06 bits per heavy atom. The normalized spacial score (nSPS) is 13.3. The highest BCUT2D eigenvalue weighted by molar-refractivity contribution is 6.05. The Labute approximate surface area is 99.9 Å². The Bertz CT molecular complexity index is 669. The zero-order valence-corrected chi connectivity index (χ0v) is 9.80. The number of aromatic nitrogens is 2. The molecule has 0 fully saturated rings. The van der Waals surface area contributed by atoms with Crippen LogP contribution in [0.2, 0.25) is 0 Å². The molecule has 1 unspecified atom stereocenters. The third-order valence-corrected chi connectivity index (χ3v) is 3.27. The van der Waals surface area contributed by atoms with Crippen molar-refractivity contribution in [3.05, 3.63) is 42.9 Å². The molecule has 0 saturated heterocycles. The molecule has 0 radical (unpaired) electrons. The molecule has 1 aromatic carbocycles. The van der Waals surface area contributed by atoms with Gasteiger partial charge in [0.05, 0.1) is 11.7 Å². The van der Waals surface area contributed by atoms with E-state index >= 15 is 0 Å². The average molecular weight is 225 g/mol. The lowest BCUT2D eigenvalue weighted by atomic mass is 10.1. The maximum absolute atomic E-state index is 6.14. The van der Waals surface area contributed by atoms with E-state index in [-0.39, 0.29) is 6.17 Å². The molecule has 2 aromatic heterocycles. The quantitative estimate of drug-likeness (QED) is 0.728. The van der Waals surface area contributed by atoms with Crippen molar-refractivity contribution in [2.45, 2.75) is 19.5 Å². The van der Waals surface area contributed by atoms with Gasteiger partial charge in [-0.15, -0.1) is 0 Å². The number of benzene rings is 1. The SMILES string of the molecule is CCC(N)n1ccc2ccc3cnccc3c21. The number of fused-ring (bicyclic) bond motifs is 3. The van der Waals surface area contributed by atoms with Crippen molar-refractivity contribution < 1.29 is 0 Å². The lowest BCUT2D eigenvalue weighted by Crippen LogP contribution is -2.16. The fraction of sp³-hybridized carbons (Fsp3) is 0.214. The number of pyridine rings is 1. The Kier molecular flexibility index (Phi) is 2.34. The molecule has 0 bridgehead atoms. The molecule has 3 heteroatoms. The Morgan fingerprint density at radius 1 is 1.24 bits per heavy atom. The monoisotopic (exact) mass is 225 g/mol.